The van der Waals surface area contributed by atoms with Crippen molar-refractivity contribution < 1.29 is 0 Å². The normalized spacial score (nSPS) is 11.5. The highest BCUT2D eigenvalue weighted by Crippen LogP contribution is 2.21. The van der Waals surface area contributed by atoms with E-state index in [9.17, 15) is 0 Å². The Morgan fingerprint density at radius 1 is 0.789 bits per heavy atom. The van der Waals surface area contributed by atoms with Gasteiger partial charge in [0, 0.05) is 11.4 Å². The van der Waals surface area contributed by atoms with Gasteiger partial charge in [0.05, 0.1) is 0 Å². The Hall–Kier alpha value is -1.31. The molecule has 2 rings (SSSR count). The molecule has 0 aliphatic carbocycles. The van der Waals surface area contributed by atoms with Gasteiger partial charge in [0.15, 0.2) is 0 Å². The number of halogens is 1. The third-order valence-electron chi connectivity index (χ3n) is 3.39. The summed E-state index contributed by atoms with van der Waals surface area (Å²) in [5, 5.41) is 0. The minimum absolute atomic E-state index is 0.273. The van der Waals surface area contributed by atoms with Crippen molar-refractivity contribution >= 4 is 11.6 Å². The first kappa shape index (κ1) is 14.1. The number of hydrogen-bond acceptors (Lipinski definition) is 1. The summed E-state index contributed by atoms with van der Waals surface area (Å²) >= 11 is 5.94. The molecule has 19 heavy (non-hydrogen) atoms. The highest BCUT2D eigenvalue weighted by atomic mass is 35.5. The van der Waals surface area contributed by atoms with Crippen molar-refractivity contribution in [1.82, 2.24) is 0 Å². The molecule has 2 aromatic rings. The molecule has 0 heterocycles. The zero-order valence-electron chi connectivity index (χ0n) is 11.1. The monoisotopic (exact) mass is 273 g/mol. The van der Waals surface area contributed by atoms with Gasteiger partial charge < -0.3 is 5.73 Å². The van der Waals surface area contributed by atoms with Crippen LogP contribution in [0.2, 0.25) is 0 Å². The van der Waals surface area contributed by atoms with Gasteiger partial charge in [-0.05, 0) is 30.4 Å². The molecule has 0 amide bonds. The highest BCUT2D eigenvalue weighted by Gasteiger charge is 2.25. The van der Waals surface area contributed by atoms with E-state index in [-0.39, 0.29) is 5.54 Å². The average Bonchev–Trinajstić information content (AvgIpc) is 2.41. The first-order valence-electron chi connectivity index (χ1n) is 6.65. The topological polar surface area (TPSA) is 26.0 Å². The van der Waals surface area contributed by atoms with Crippen molar-refractivity contribution in [3.63, 3.8) is 0 Å². The van der Waals surface area contributed by atoms with E-state index in [1.807, 2.05) is 12.1 Å². The molecule has 0 atom stereocenters. The molecule has 0 saturated carbocycles. The smallest absolute Gasteiger partial charge is 0.0247 e. The van der Waals surface area contributed by atoms with Gasteiger partial charge in [0.25, 0.3) is 0 Å². The van der Waals surface area contributed by atoms with E-state index < -0.39 is 0 Å². The fourth-order valence-corrected chi connectivity index (χ4v) is 2.81. The predicted octanol–water partition coefficient (Wildman–Crippen LogP) is 3.80. The lowest BCUT2D eigenvalue weighted by atomic mass is 9.83. The fourth-order valence-electron chi connectivity index (χ4n) is 2.43. The van der Waals surface area contributed by atoms with Crippen molar-refractivity contribution in [3.8, 4) is 0 Å². The summed E-state index contributed by atoms with van der Waals surface area (Å²) in [6, 6.07) is 20.8. The number of nitrogens with two attached hydrogens (primary N) is 1. The summed E-state index contributed by atoms with van der Waals surface area (Å²) in [4.78, 5) is 0. The van der Waals surface area contributed by atoms with Crippen LogP contribution in [-0.4, -0.2) is 11.4 Å². The summed E-state index contributed by atoms with van der Waals surface area (Å²) in [6.07, 6.45) is 2.53. The molecule has 2 heteroatoms. The van der Waals surface area contributed by atoms with Gasteiger partial charge in [-0.3, -0.25) is 0 Å². The minimum atomic E-state index is -0.273. The van der Waals surface area contributed by atoms with Crippen LogP contribution in [0.3, 0.4) is 0 Å². The van der Waals surface area contributed by atoms with Gasteiger partial charge in [-0.25, -0.2) is 0 Å². The lowest BCUT2D eigenvalue weighted by Gasteiger charge is -2.29. The molecule has 100 valence electrons. The predicted molar refractivity (Wildman–Crippen MR) is 82.5 cm³/mol. The van der Waals surface area contributed by atoms with Crippen LogP contribution < -0.4 is 5.73 Å². The van der Waals surface area contributed by atoms with Crippen molar-refractivity contribution in [2.75, 3.05) is 5.88 Å². The van der Waals surface area contributed by atoms with Gasteiger partial charge >= 0.3 is 0 Å². The maximum absolute atomic E-state index is 6.59. The maximum atomic E-state index is 6.59. The minimum Gasteiger partial charge on any atom is -0.324 e. The first-order chi connectivity index (χ1) is 9.22. The Morgan fingerprint density at radius 3 is 1.58 bits per heavy atom. The molecule has 0 radical (unpaired) electrons. The summed E-state index contributed by atoms with van der Waals surface area (Å²) in [5.41, 5.74) is 8.85. The SMILES string of the molecule is NC(CCCl)(Cc1ccccc1)Cc1ccccc1. The van der Waals surface area contributed by atoms with Gasteiger partial charge in [-0.2, -0.15) is 0 Å². The summed E-state index contributed by atoms with van der Waals surface area (Å²) < 4.78 is 0. The molecule has 0 spiro atoms. The second-order valence-electron chi connectivity index (χ2n) is 5.13. The van der Waals surface area contributed by atoms with E-state index in [0.29, 0.717) is 5.88 Å². The second-order valence-corrected chi connectivity index (χ2v) is 5.50. The van der Waals surface area contributed by atoms with Crippen LogP contribution >= 0.6 is 11.6 Å². The molecule has 0 fully saturated rings. The molecule has 1 nitrogen and oxygen atoms in total. The van der Waals surface area contributed by atoms with Gasteiger partial charge in [-0.1, -0.05) is 60.7 Å². The van der Waals surface area contributed by atoms with Gasteiger partial charge in [-0.15, -0.1) is 11.6 Å². The summed E-state index contributed by atoms with van der Waals surface area (Å²) in [6.45, 7) is 0. The molecular formula is C17H20ClN. The number of rotatable bonds is 6. The number of hydrogen-bond donors (Lipinski definition) is 1. The molecule has 0 saturated heterocycles. The molecule has 2 aromatic carbocycles. The molecular weight excluding hydrogens is 254 g/mol. The number of benzene rings is 2. The molecule has 0 unspecified atom stereocenters. The lowest BCUT2D eigenvalue weighted by molar-refractivity contribution is 0.406. The van der Waals surface area contributed by atoms with Gasteiger partial charge in [0.2, 0.25) is 0 Å². The first-order valence-corrected chi connectivity index (χ1v) is 7.18. The zero-order chi connectivity index (χ0) is 13.6. The van der Waals surface area contributed by atoms with E-state index in [1.54, 1.807) is 0 Å². The van der Waals surface area contributed by atoms with E-state index in [2.05, 4.69) is 48.5 Å². The quantitative estimate of drug-likeness (QED) is 0.796. The largest absolute Gasteiger partial charge is 0.324 e. The molecule has 0 aliphatic heterocycles. The van der Waals surface area contributed by atoms with Crippen molar-refractivity contribution in [2.24, 2.45) is 5.73 Å². The molecule has 0 bridgehead atoms. The Kier molecular flexibility index (Phi) is 5.00. The second kappa shape index (κ2) is 6.74. The van der Waals surface area contributed by atoms with E-state index in [4.69, 9.17) is 17.3 Å². The van der Waals surface area contributed by atoms with Crippen LogP contribution in [0.4, 0.5) is 0 Å². The Morgan fingerprint density at radius 2 is 1.21 bits per heavy atom. The summed E-state index contributed by atoms with van der Waals surface area (Å²) in [5.74, 6) is 0.593. The van der Waals surface area contributed by atoms with Crippen LogP contribution in [0.5, 0.6) is 0 Å². The van der Waals surface area contributed by atoms with Crippen molar-refractivity contribution in [2.45, 2.75) is 24.8 Å². The highest BCUT2D eigenvalue weighted by molar-refractivity contribution is 6.17. The van der Waals surface area contributed by atoms with E-state index >= 15 is 0 Å². The fraction of sp³-hybridized carbons (Fsp3) is 0.294. The van der Waals surface area contributed by atoms with Crippen LogP contribution in [0.25, 0.3) is 0 Å². The van der Waals surface area contributed by atoms with Crippen molar-refractivity contribution in [3.05, 3.63) is 71.8 Å². The molecule has 0 aromatic heterocycles. The summed E-state index contributed by atoms with van der Waals surface area (Å²) in [7, 11) is 0. The van der Waals surface area contributed by atoms with Crippen LogP contribution in [-0.2, 0) is 12.8 Å². The Bertz CT molecular complexity index is 440. The standard InChI is InChI=1S/C17H20ClN/c18-12-11-17(19,13-15-7-3-1-4-8-15)14-16-9-5-2-6-10-16/h1-10H,11-14,19H2. The van der Waals surface area contributed by atoms with Crippen LogP contribution in [0.1, 0.15) is 17.5 Å². The maximum Gasteiger partial charge on any atom is 0.0247 e. The third-order valence-corrected chi connectivity index (χ3v) is 3.58. The van der Waals surface area contributed by atoms with E-state index in [1.165, 1.54) is 11.1 Å². The average molecular weight is 274 g/mol. The molecule has 0 aliphatic rings. The molecule has 2 N–H and O–H groups in total. The van der Waals surface area contributed by atoms with Crippen LogP contribution in [0.15, 0.2) is 60.7 Å². The zero-order valence-corrected chi connectivity index (χ0v) is 11.8. The Balaban J connectivity index is 2.13. The van der Waals surface area contributed by atoms with Gasteiger partial charge in [0.1, 0.15) is 0 Å². The number of alkyl halides is 1. The van der Waals surface area contributed by atoms with E-state index in [0.717, 1.165) is 19.3 Å². The van der Waals surface area contributed by atoms with Crippen LogP contribution in [0, 0.1) is 0 Å². The Labute approximate surface area is 120 Å². The van der Waals surface area contributed by atoms with Crippen molar-refractivity contribution in [1.29, 1.82) is 0 Å². The lowest BCUT2D eigenvalue weighted by Crippen LogP contribution is -2.44. The third kappa shape index (κ3) is 4.38.